The van der Waals surface area contributed by atoms with Gasteiger partial charge >= 0.3 is 0 Å². The van der Waals surface area contributed by atoms with Gasteiger partial charge in [0.25, 0.3) is 0 Å². The minimum Gasteiger partial charge on any atom is -0.396 e. The van der Waals surface area contributed by atoms with Crippen LogP contribution in [0.4, 0.5) is 0 Å². The Morgan fingerprint density at radius 3 is 2.36 bits per heavy atom. The first kappa shape index (κ1) is 8.96. The fraction of sp³-hybridized carbons (Fsp3) is 0.846. The van der Waals surface area contributed by atoms with E-state index in [1.54, 1.807) is 0 Å². The molecule has 0 heterocycles. The molecule has 0 aromatic rings. The normalized spacial score (nSPS) is 45.8. The van der Waals surface area contributed by atoms with Gasteiger partial charge in [0.2, 0.25) is 0 Å². The second kappa shape index (κ2) is 3.10. The third kappa shape index (κ3) is 1.42. The summed E-state index contributed by atoms with van der Waals surface area (Å²) in [6, 6.07) is 0. The van der Waals surface area contributed by atoms with E-state index in [0.717, 1.165) is 17.8 Å². The molecule has 2 unspecified atom stereocenters. The van der Waals surface area contributed by atoms with Gasteiger partial charge in [0.1, 0.15) is 0 Å². The van der Waals surface area contributed by atoms with Gasteiger partial charge in [-0.25, -0.2) is 0 Å². The van der Waals surface area contributed by atoms with E-state index in [4.69, 9.17) is 0 Å². The van der Waals surface area contributed by atoms with E-state index in [1.807, 2.05) is 0 Å². The fourth-order valence-electron chi connectivity index (χ4n) is 3.82. The first-order valence-electron chi connectivity index (χ1n) is 6.07. The molecule has 0 radical (unpaired) electrons. The van der Waals surface area contributed by atoms with Crippen LogP contribution in [0, 0.1) is 23.2 Å². The predicted molar refractivity (Wildman–Crippen MR) is 56.8 cm³/mol. The molecule has 2 fully saturated rings. The van der Waals surface area contributed by atoms with E-state index in [-0.39, 0.29) is 0 Å². The zero-order valence-corrected chi connectivity index (χ0v) is 8.78. The average molecular weight is 192 g/mol. The minimum atomic E-state index is 0.338. The van der Waals surface area contributed by atoms with Crippen LogP contribution in [0.2, 0.25) is 0 Å². The zero-order valence-electron chi connectivity index (χ0n) is 8.78. The Morgan fingerprint density at radius 1 is 1.14 bits per heavy atom. The van der Waals surface area contributed by atoms with Gasteiger partial charge in [-0.1, -0.05) is 12.2 Å². The third-order valence-corrected chi connectivity index (χ3v) is 4.62. The van der Waals surface area contributed by atoms with E-state index < -0.39 is 0 Å². The lowest BCUT2D eigenvalue weighted by Gasteiger charge is -2.31. The van der Waals surface area contributed by atoms with Crippen LogP contribution in [-0.2, 0) is 0 Å². The van der Waals surface area contributed by atoms with Crippen LogP contribution >= 0.6 is 0 Å². The van der Waals surface area contributed by atoms with E-state index in [1.165, 1.54) is 38.5 Å². The predicted octanol–water partition coefficient (Wildman–Crippen LogP) is 2.75. The first-order valence-corrected chi connectivity index (χ1v) is 6.07. The molecule has 0 bridgehead atoms. The summed E-state index contributed by atoms with van der Waals surface area (Å²) in [5.74, 6) is 2.84. The Kier molecular flexibility index (Phi) is 1.98. The van der Waals surface area contributed by atoms with Crippen molar-refractivity contribution in [3.63, 3.8) is 0 Å². The molecule has 0 saturated heterocycles. The smallest absolute Gasteiger partial charge is 0.0487 e. The maximum Gasteiger partial charge on any atom is 0.0487 e. The van der Waals surface area contributed by atoms with Crippen molar-refractivity contribution < 1.29 is 5.11 Å². The van der Waals surface area contributed by atoms with Gasteiger partial charge in [-0.05, 0) is 61.7 Å². The highest BCUT2D eigenvalue weighted by molar-refractivity contribution is 5.05. The SMILES string of the molecule is OCC1(CC2CC=CC2)CC2CC2C1. The number of fused-ring (bicyclic) bond motifs is 1. The number of aliphatic hydroxyl groups excluding tert-OH is 1. The zero-order chi connectivity index (χ0) is 9.60. The minimum absolute atomic E-state index is 0.338. The van der Waals surface area contributed by atoms with Crippen molar-refractivity contribution >= 4 is 0 Å². The summed E-state index contributed by atoms with van der Waals surface area (Å²) < 4.78 is 0. The van der Waals surface area contributed by atoms with E-state index >= 15 is 0 Å². The Balaban J connectivity index is 1.63. The Morgan fingerprint density at radius 2 is 1.79 bits per heavy atom. The van der Waals surface area contributed by atoms with Gasteiger partial charge in [0.15, 0.2) is 0 Å². The highest BCUT2D eigenvalue weighted by Gasteiger charge is 2.53. The summed E-state index contributed by atoms with van der Waals surface area (Å²) >= 11 is 0. The third-order valence-electron chi connectivity index (χ3n) is 4.62. The largest absolute Gasteiger partial charge is 0.396 e. The van der Waals surface area contributed by atoms with Crippen LogP contribution < -0.4 is 0 Å². The second-order valence-corrected chi connectivity index (χ2v) is 5.84. The molecule has 0 amide bonds. The molecule has 0 spiro atoms. The summed E-state index contributed by atoms with van der Waals surface area (Å²) in [6.45, 7) is 0.441. The molecular weight excluding hydrogens is 172 g/mol. The van der Waals surface area contributed by atoms with Crippen LogP contribution in [0.3, 0.4) is 0 Å². The highest BCUT2D eigenvalue weighted by Crippen LogP contribution is 2.61. The summed E-state index contributed by atoms with van der Waals surface area (Å²) in [7, 11) is 0. The standard InChI is InChI=1S/C13H20O/c14-9-13(6-10-3-1-2-4-10)7-11-5-12(11)8-13/h1-2,10-12,14H,3-9H2. The lowest BCUT2D eigenvalue weighted by atomic mass is 9.75. The fourth-order valence-corrected chi connectivity index (χ4v) is 3.82. The van der Waals surface area contributed by atoms with Crippen LogP contribution in [0.25, 0.3) is 0 Å². The summed E-state index contributed by atoms with van der Waals surface area (Å²) in [4.78, 5) is 0. The van der Waals surface area contributed by atoms with Crippen LogP contribution in [0.5, 0.6) is 0 Å². The molecule has 0 aromatic heterocycles. The van der Waals surface area contributed by atoms with E-state index in [9.17, 15) is 5.11 Å². The van der Waals surface area contributed by atoms with Crippen LogP contribution in [0.15, 0.2) is 12.2 Å². The molecule has 0 aromatic carbocycles. The van der Waals surface area contributed by atoms with Gasteiger partial charge < -0.3 is 5.11 Å². The topological polar surface area (TPSA) is 20.2 Å². The van der Waals surface area contributed by atoms with Crippen molar-refractivity contribution in [2.45, 2.75) is 38.5 Å². The molecule has 3 rings (SSSR count). The Labute approximate surface area is 86.2 Å². The van der Waals surface area contributed by atoms with E-state index in [2.05, 4.69) is 12.2 Å². The van der Waals surface area contributed by atoms with Crippen molar-refractivity contribution in [3.05, 3.63) is 12.2 Å². The molecule has 1 heteroatoms. The molecule has 3 aliphatic carbocycles. The molecule has 2 saturated carbocycles. The highest BCUT2D eigenvalue weighted by atomic mass is 16.3. The number of allylic oxidation sites excluding steroid dienone is 2. The molecule has 2 atom stereocenters. The Bertz CT molecular complexity index is 238. The maximum atomic E-state index is 9.59. The monoisotopic (exact) mass is 192 g/mol. The van der Waals surface area contributed by atoms with Gasteiger partial charge in [-0.2, -0.15) is 0 Å². The van der Waals surface area contributed by atoms with Crippen LogP contribution in [-0.4, -0.2) is 11.7 Å². The van der Waals surface area contributed by atoms with Crippen molar-refractivity contribution in [2.24, 2.45) is 23.2 Å². The van der Waals surface area contributed by atoms with Crippen molar-refractivity contribution in [2.75, 3.05) is 6.61 Å². The number of hydrogen-bond donors (Lipinski definition) is 1. The molecule has 0 aliphatic heterocycles. The quantitative estimate of drug-likeness (QED) is 0.682. The average Bonchev–Trinajstić information content (AvgIpc) is 2.68. The van der Waals surface area contributed by atoms with Gasteiger partial charge in [0, 0.05) is 6.61 Å². The molecule has 14 heavy (non-hydrogen) atoms. The first-order chi connectivity index (χ1) is 6.81. The van der Waals surface area contributed by atoms with Gasteiger partial charge in [-0.15, -0.1) is 0 Å². The lowest BCUT2D eigenvalue weighted by molar-refractivity contribution is 0.0901. The van der Waals surface area contributed by atoms with Crippen molar-refractivity contribution in [3.8, 4) is 0 Å². The summed E-state index contributed by atoms with van der Waals surface area (Å²) in [5, 5.41) is 9.59. The van der Waals surface area contributed by atoms with Gasteiger partial charge in [-0.3, -0.25) is 0 Å². The number of aliphatic hydroxyl groups is 1. The number of hydrogen-bond acceptors (Lipinski definition) is 1. The molecule has 1 N–H and O–H groups in total. The molecule has 78 valence electrons. The van der Waals surface area contributed by atoms with Crippen molar-refractivity contribution in [1.29, 1.82) is 0 Å². The summed E-state index contributed by atoms with van der Waals surface area (Å²) in [5.41, 5.74) is 0.338. The molecule has 1 nitrogen and oxygen atoms in total. The molecule has 3 aliphatic rings. The van der Waals surface area contributed by atoms with Gasteiger partial charge in [0.05, 0.1) is 0 Å². The second-order valence-electron chi connectivity index (χ2n) is 5.84. The summed E-state index contributed by atoms with van der Waals surface area (Å²) in [6.07, 6.45) is 12.5. The Hall–Kier alpha value is -0.300. The van der Waals surface area contributed by atoms with Crippen LogP contribution in [0.1, 0.15) is 38.5 Å². The van der Waals surface area contributed by atoms with E-state index in [0.29, 0.717) is 12.0 Å². The van der Waals surface area contributed by atoms with Crippen molar-refractivity contribution in [1.82, 2.24) is 0 Å². The number of rotatable bonds is 3. The lowest BCUT2D eigenvalue weighted by Crippen LogP contribution is -2.26. The maximum absolute atomic E-state index is 9.59. The molecular formula is C13H20O.